The zero-order chi connectivity index (χ0) is 16.3. The summed E-state index contributed by atoms with van der Waals surface area (Å²) < 4.78 is 36.7. The highest BCUT2D eigenvalue weighted by Crippen LogP contribution is 2.21. The molecule has 0 saturated heterocycles. The van der Waals surface area contributed by atoms with E-state index < -0.39 is 21.7 Å². The van der Waals surface area contributed by atoms with Gasteiger partial charge in [-0.15, -0.1) is 4.83 Å². The molecule has 0 saturated carbocycles. The summed E-state index contributed by atoms with van der Waals surface area (Å²) in [4.78, 5) is 16.9. The van der Waals surface area contributed by atoms with Crippen LogP contribution in [0.25, 0.3) is 0 Å². The molecule has 0 aliphatic rings. The average molecular weight is 364 g/mol. The number of hydrogen-bond acceptors (Lipinski definition) is 4. The van der Waals surface area contributed by atoms with Gasteiger partial charge in [0.1, 0.15) is 15.9 Å². The first-order chi connectivity index (χ1) is 10.3. The van der Waals surface area contributed by atoms with Crippen LogP contribution in [0.4, 0.5) is 4.39 Å². The number of hydrogen-bond donors (Lipinski definition) is 2. The number of sulfonamides is 1. The van der Waals surface area contributed by atoms with Crippen molar-refractivity contribution < 1.29 is 17.6 Å². The van der Waals surface area contributed by atoms with E-state index in [0.29, 0.717) is 0 Å². The fraction of sp³-hybridized carbons (Fsp3) is 0. The molecule has 2 N–H and O–H groups in total. The molecule has 0 fully saturated rings. The Kier molecular flexibility index (Phi) is 4.97. The van der Waals surface area contributed by atoms with E-state index in [1.54, 1.807) is 0 Å². The minimum absolute atomic E-state index is 0.0454. The van der Waals surface area contributed by atoms with Crippen LogP contribution in [0, 0.1) is 5.82 Å². The summed E-state index contributed by atoms with van der Waals surface area (Å²) in [6.07, 6.45) is 0.987. The maximum absolute atomic E-state index is 12.7. The molecular weight excluding hydrogens is 356 g/mol. The lowest BCUT2D eigenvalue weighted by Crippen LogP contribution is -2.41. The molecule has 1 heterocycles. The zero-order valence-corrected chi connectivity index (χ0v) is 13.0. The molecule has 22 heavy (non-hydrogen) atoms. The van der Waals surface area contributed by atoms with Crippen molar-refractivity contribution in [2.45, 2.75) is 4.90 Å². The van der Waals surface area contributed by atoms with Gasteiger partial charge in [-0.3, -0.25) is 10.2 Å². The summed E-state index contributed by atoms with van der Waals surface area (Å²) in [7, 11) is -4.07. The van der Waals surface area contributed by atoms with Crippen LogP contribution in [-0.4, -0.2) is 19.3 Å². The second-order valence-electron chi connectivity index (χ2n) is 4.01. The molecule has 10 heteroatoms. The minimum Gasteiger partial charge on any atom is -0.273 e. The van der Waals surface area contributed by atoms with Gasteiger partial charge >= 0.3 is 0 Å². The fourth-order valence-corrected chi connectivity index (χ4v) is 2.54. The van der Waals surface area contributed by atoms with Crippen molar-refractivity contribution in [1.29, 1.82) is 0 Å². The number of pyridine rings is 1. The van der Waals surface area contributed by atoms with Gasteiger partial charge in [0.25, 0.3) is 15.9 Å². The van der Waals surface area contributed by atoms with Gasteiger partial charge in [-0.1, -0.05) is 23.2 Å². The summed E-state index contributed by atoms with van der Waals surface area (Å²) >= 11 is 11.3. The number of aromatic nitrogens is 1. The SMILES string of the molecule is O=C(NNS(=O)(=O)c1cnc(Cl)c(Cl)c1)c1ccc(F)cc1. The Morgan fingerprint density at radius 3 is 2.41 bits per heavy atom. The van der Waals surface area contributed by atoms with Gasteiger partial charge in [-0.2, -0.15) is 0 Å². The highest BCUT2D eigenvalue weighted by atomic mass is 35.5. The Balaban J connectivity index is 2.10. The second kappa shape index (κ2) is 6.57. The van der Waals surface area contributed by atoms with Crippen molar-refractivity contribution in [3.63, 3.8) is 0 Å². The molecule has 1 aromatic heterocycles. The Morgan fingerprint density at radius 1 is 1.18 bits per heavy atom. The number of rotatable bonds is 4. The van der Waals surface area contributed by atoms with Crippen LogP contribution in [0.3, 0.4) is 0 Å². The van der Waals surface area contributed by atoms with Crippen molar-refractivity contribution in [1.82, 2.24) is 15.2 Å². The Labute approximate surface area is 135 Å². The van der Waals surface area contributed by atoms with Crippen molar-refractivity contribution in [2.75, 3.05) is 0 Å². The lowest BCUT2D eigenvalue weighted by molar-refractivity contribution is 0.0945. The van der Waals surface area contributed by atoms with E-state index in [-0.39, 0.29) is 20.6 Å². The lowest BCUT2D eigenvalue weighted by Gasteiger charge is -2.08. The van der Waals surface area contributed by atoms with E-state index in [9.17, 15) is 17.6 Å². The molecule has 0 bridgehead atoms. The summed E-state index contributed by atoms with van der Waals surface area (Å²) in [5.41, 5.74) is 2.07. The molecule has 0 atom stereocenters. The summed E-state index contributed by atoms with van der Waals surface area (Å²) in [6.45, 7) is 0. The van der Waals surface area contributed by atoms with Crippen molar-refractivity contribution in [3.8, 4) is 0 Å². The quantitative estimate of drug-likeness (QED) is 0.643. The number of nitrogens with zero attached hydrogens (tertiary/aromatic N) is 1. The minimum atomic E-state index is -4.07. The maximum atomic E-state index is 12.7. The van der Waals surface area contributed by atoms with E-state index in [1.165, 1.54) is 12.1 Å². The predicted molar refractivity (Wildman–Crippen MR) is 78.4 cm³/mol. The first-order valence-corrected chi connectivity index (χ1v) is 7.92. The molecule has 116 valence electrons. The largest absolute Gasteiger partial charge is 0.273 e. The fourth-order valence-electron chi connectivity index (χ4n) is 1.40. The monoisotopic (exact) mass is 363 g/mol. The van der Waals surface area contributed by atoms with Gasteiger partial charge in [-0.25, -0.2) is 17.8 Å². The molecule has 2 rings (SSSR count). The van der Waals surface area contributed by atoms with Gasteiger partial charge in [-0.05, 0) is 30.3 Å². The van der Waals surface area contributed by atoms with Gasteiger partial charge in [0.05, 0.1) is 5.02 Å². The standard InChI is InChI=1S/C12H8Cl2FN3O3S/c13-10-5-9(6-16-11(10)14)22(20,21)18-17-12(19)7-1-3-8(15)4-2-7/h1-6,18H,(H,17,19). The van der Waals surface area contributed by atoms with Crippen LogP contribution in [-0.2, 0) is 10.0 Å². The zero-order valence-electron chi connectivity index (χ0n) is 10.7. The molecule has 2 aromatic rings. The van der Waals surface area contributed by atoms with Crippen LogP contribution in [0.2, 0.25) is 10.2 Å². The third kappa shape index (κ3) is 3.92. The molecule has 0 radical (unpaired) electrons. The summed E-state index contributed by atoms with van der Waals surface area (Å²) in [6, 6.07) is 5.65. The molecule has 0 aliphatic carbocycles. The Hall–Kier alpha value is -1.74. The van der Waals surface area contributed by atoms with E-state index in [1.807, 2.05) is 10.3 Å². The second-order valence-corrected chi connectivity index (χ2v) is 6.46. The van der Waals surface area contributed by atoms with Crippen molar-refractivity contribution in [2.24, 2.45) is 0 Å². The maximum Gasteiger partial charge on any atom is 0.266 e. The van der Waals surface area contributed by atoms with Gasteiger partial charge in [0.2, 0.25) is 0 Å². The highest BCUT2D eigenvalue weighted by molar-refractivity contribution is 7.89. The molecule has 0 unspecified atom stereocenters. The topological polar surface area (TPSA) is 88.2 Å². The molecule has 1 aromatic carbocycles. The van der Waals surface area contributed by atoms with Crippen LogP contribution in [0.15, 0.2) is 41.4 Å². The van der Waals surface area contributed by atoms with E-state index in [0.717, 1.165) is 24.4 Å². The number of hydrazine groups is 1. The number of amides is 1. The number of halogens is 3. The van der Waals surface area contributed by atoms with Crippen LogP contribution >= 0.6 is 23.2 Å². The smallest absolute Gasteiger partial charge is 0.266 e. The number of carbonyl (C=O) groups excluding carboxylic acids is 1. The first kappa shape index (κ1) is 16.6. The van der Waals surface area contributed by atoms with Crippen molar-refractivity contribution >= 4 is 39.1 Å². The number of benzene rings is 1. The molecule has 6 nitrogen and oxygen atoms in total. The highest BCUT2D eigenvalue weighted by Gasteiger charge is 2.17. The van der Waals surface area contributed by atoms with E-state index in [4.69, 9.17) is 23.2 Å². The predicted octanol–water partition coefficient (Wildman–Crippen LogP) is 2.15. The van der Waals surface area contributed by atoms with Crippen molar-refractivity contribution in [3.05, 3.63) is 58.1 Å². The molecule has 0 spiro atoms. The molecule has 0 aliphatic heterocycles. The third-order valence-electron chi connectivity index (χ3n) is 2.49. The first-order valence-electron chi connectivity index (χ1n) is 5.68. The Morgan fingerprint density at radius 2 is 1.82 bits per heavy atom. The van der Waals surface area contributed by atoms with E-state index >= 15 is 0 Å². The number of nitrogens with one attached hydrogen (secondary N) is 2. The molecule has 1 amide bonds. The normalized spacial score (nSPS) is 11.2. The average Bonchev–Trinajstić information content (AvgIpc) is 2.48. The van der Waals surface area contributed by atoms with Gasteiger partial charge in [0, 0.05) is 11.8 Å². The Bertz CT molecular complexity index is 813. The summed E-state index contributed by atoms with van der Waals surface area (Å²) in [5.74, 6) is -1.27. The van der Waals surface area contributed by atoms with Crippen LogP contribution in [0.1, 0.15) is 10.4 Å². The van der Waals surface area contributed by atoms with E-state index in [2.05, 4.69) is 4.98 Å². The number of carbonyl (C=O) groups is 1. The third-order valence-corrected chi connectivity index (χ3v) is 4.39. The summed E-state index contributed by atoms with van der Waals surface area (Å²) in [5, 5.41) is -0.0923. The van der Waals surface area contributed by atoms with Crippen LogP contribution in [0.5, 0.6) is 0 Å². The van der Waals surface area contributed by atoms with Gasteiger partial charge < -0.3 is 0 Å². The van der Waals surface area contributed by atoms with Gasteiger partial charge in [0.15, 0.2) is 0 Å². The lowest BCUT2D eigenvalue weighted by atomic mass is 10.2. The van der Waals surface area contributed by atoms with Crippen LogP contribution < -0.4 is 10.3 Å². The molecular formula is C12H8Cl2FN3O3S.